The maximum atomic E-state index is 11.9. The van der Waals surface area contributed by atoms with Gasteiger partial charge in [-0.25, -0.2) is 12.7 Å². The van der Waals surface area contributed by atoms with Gasteiger partial charge in [0.05, 0.1) is 6.07 Å². The van der Waals surface area contributed by atoms with E-state index in [1.54, 1.807) is 0 Å². The van der Waals surface area contributed by atoms with Crippen molar-refractivity contribution in [1.29, 1.82) is 5.26 Å². The quantitative estimate of drug-likeness (QED) is 0.732. The lowest BCUT2D eigenvalue weighted by atomic mass is 10.0. The molecular formula is C7H9F3N2O2S. The molecule has 0 aliphatic carbocycles. The highest BCUT2D eigenvalue weighted by atomic mass is 32.2. The van der Waals surface area contributed by atoms with Crippen LogP contribution in [0, 0.1) is 17.2 Å². The SMILES string of the molecule is N#CCC1CN(S(=O)(=O)CC(F)(F)F)C1. The Morgan fingerprint density at radius 2 is 1.93 bits per heavy atom. The maximum Gasteiger partial charge on any atom is 0.404 e. The van der Waals surface area contributed by atoms with Gasteiger partial charge in [0.2, 0.25) is 10.0 Å². The average Bonchev–Trinajstić information content (AvgIpc) is 1.89. The lowest BCUT2D eigenvalue weighted by molar-refractivity contribution is -0.107. The fourth-order valence-corrected chi connectivity index (χ4v) is 2.78. The summed E-state index contributed by atoms with van der Waals surface area (Å²) in [5.41, 5.74) is 0. The van der Waals surface area contributed by atoms with Crippen molar-refractivity contribution >= 4 is 10.0 Å². The standard InChI is InChI=1S/C7H9F3N2O2S/c8-7(9,10)5-15(13,14)12-3-6(4-12)1-2-11/h6H,1,3-5H2. The molecule has 4 nitrogen and oxygen atoms in total. The van der Waals surface area contributed by atoms with Gasteiger partial charge in [-0.2, -0.15) is 18.4 Å². The topological polar surface area (TPSA) is 61.2 Å². The van der Waals surface area contributed by atoms with Crippen LogP contribution >= 0.6 is 0 Å². The van der Waals surface area contributed by atoms with Crippen molar-refractivity contribution in [2.45, 2.75) is 12.6 Å². The van der Waals surface area contributed by atoms with E-state index in [1.165, 1.54) is 0 Å². The molecule has 0 atom stereocenters. The van der Waals surface area contributed by atoms with E-state index in [-0.39, 0.29) is 25.4 Å². The molecule has 0 aromatic carbocycles. The first-order valence-corrected chi connectivity index (χ1v) is 5.77. The molecule has 0 amide bonds. The first-order valence-electron chi connectivity index (χ1n) is 4.16. The van der Waals surface area contributed by atoms with Gasteiger partial charge < -0.3 is 0 Å². The molecule has 0 unspecified atom stereocenters. The van der Waals surface area contributed by atoms with Crippen molar-refractivity contribution in [1.82, 2.24) is 4.31 Å². The second-order valence-corrected chi connectivity index (χ2v) is 5.39. The highest BCUT2D eigenvalue weighted by Crippen LogP contribution is 2.26. The van der Waals surface area contributed by atoms with Crippen molar-refractivity contribution < 1.29 is 21.6 Å². The number of halogens is 3. The zero-order valence-electron chi connectivity index (χ0n) is 7.66. The summed E-state index contributed by atoms with van der Waals surface area (Å²) < 4.78 is 58.5. The van der Waals surface area contributed by atoms with Crippen LogP contribution in [-0.4, -0.2) is 37.7 Å². The summed E-state index contributed by atoms with van der Waals surface area (Å²) in [4.78, 5) is 0. The molecule has 1 heterocycles. The van der Waals surface area contributed by atoms with Crippen LogP contribution in [0.3, 0.4) is 0 Å². The highest BCUT2D eigenvalue weighted by Gasteiger charge is 2.42. The number of hydrogen-bond donors (Lipinski definition) is 0. The predicted molar refractivity (Wildman–Crippen MR) is 45.1 cm³/mol. The molecular weight excluding hydrogens is 233 g/mol. The molecule has 0 radical (unpaired) electrons. The third kappa shape index (κ3) is 3.35. The van der Waals surface area contributed by atoms with E-state index in [2.05, 4.69) is 0 Å². The molecule has 0 saturated carbocycles. The molecule has 0 aromatic rings. The molecule has 1 aliphatic rings. The molecule has 0 aromatic heterocycles. The normalized spacial score (nSPS) is 19.6. The summed E-state index contributed by atoms with van der Waals surface area (Å²) in [6.45, 7) is 0.0396. The molecule has 15 heavy (non-hydrogen) atoms. The second kappa shape index (κ2) is 3.98. The third-order valence-corrected chi connectivity index (χ3v) is 3.82. The minimum absolute atomic E-state index is 0.0198. The van der Waals surface area contributed by atoms with Crippen LogP contribution in [0.2, 0.25) is 0 Å². The number of sulfonamides is 1. The van der Waals surface area contributed by atoms with E-state index >= 15 is 0 Å². The van der Waals surface area contributed by atoms with E-state index in [1.807, 2.05) is 6.07 Å². The van der Waals surface area contributed by atoms with Crippen LogP contribution in [0.25, 0.3) is 0 Å². The van der Waals surface area contributed by atoms with Gasteiger partial charge >= 0.3 is 6.18 Å². The maximum absolute atomic E-state index is 11.9. The molecule has 1 rings (SSSR count). The van der Waals surface area contributed by atoms with Crippen LogP contribution in [0.5, 0.6) is 0 Å². The first-order chi connectivity index (χ1) is 6.74. The third-order valence-electron chi connectivity index (χ3n) is 2.04. The summed E-state index contributed by atoms with van der Waals surface area (Å²) in [5.74, 6) is -1.95. The van der Waals surface area contributed by atoms with E-state index in [9.17, 15) is 21.6 Å². The Labute approximate surface area is 85.3 Å². The molecule has 8 heteroatoms. The second-order valence-electron chi connectivity index (χ2n) is 3.42. The highest BCUT2D eigenvalue weighted by molar-refractivity contribution is 7.89. The van der Waals surface area contributed by atoms with Gasteiger partial charge in [0.25, 0.3) is 0 Å². The smallest absolute Gasteiger partial charge is 0.212 e. The van der Waals surface area contributed by atoms with Gasteiger partial charge in [0, 0.05) is 19.5 Å². The number of hydrogen-bond acceptors (Lipinski definition) is 3. The van der Waals surface area contributed by atoms with Gasteiger partial charge in [-0.05, 0) is 5.92 Å². The van der Waals surface area contributed by atoms with Gasteiger partial charge in [0.15, 0.2) is 5.75 Å². The summed E-state index contributed by atoms with van der Waals surface area (Å²) in [6.07, 6.45) is -4.53. The summed E-state index contributed by atoms with van der Waals surface area (Å²) in [5, 5.41) is 8.28. The zero-order chi connectivity index (χ0) is 11.7. The lowest BCUT2D eigenvalue weighted by Crippen LogP contribution is -2.51. The van der Waals surface area contributed by atoms with E-state index in [0.29, 0.717) is 0 Å². The van der Waals surface area contributed by atoms with Gasteiger partial charge in [-0.1, -0.05) is 0 Å². The Morgan fingerprint density at radius 1 is 1.40 bits per heavy atom. The average molecular weight is 242 g/mol. The Balaban J connectivity index is 2.50. The molecule has 0 spiro atoms. The van der Waals surface area contributed by atoms with Crippen LogP contribution in [0.1, 0.15) is 6.42 Å². The largest absolute Gasteiger partial charge is 0.404 e. The summed E-state index contributed by atoms with van der Waals surface area (Å²) >= 11 is 0. The minimum atomic E-state index is -4.71. The van der Waals surface area contributed by atoms with Crippen molar-refractivity contribution in [3.8, 4) is 6.07 Å². The predicted octanol–water partition coefficient (Wildman–Crippen LogP) is 0.724. The summed E-state index contributed by atoms with van der Waals surface area (Å²) in [7, 11) is -4.23. The fourth-order valence-electron chi connectivity index (χ4n) is 1.31. The van der Waals surface area contributed by atoms with E-state index < -0.39 is 22.0 Å². The van der Waals surface area contributed by atoms with Crippen molar-refractivity contribution in [3.05, 3.63) is 0 Å². The van der Waals surface area contributed by atoms with Crippen LogP contribution in [0.4, 0.5) is 13.2 Å². The summed E-state index contributed by atoms with van der Waals surface area (Å²) in [6, 6.07) is 1.85. The van der Waals surface area contributed by atoms with Crippen LogP contribution in [0.15, 0.2) is 0 Å². The number of rotatable bonds is 3. The Bertz CT molecular complexity index is 365. The van der Waals surface area contributed by atoms with Crippen molar-refractivity contribution in [3.63, 3.8) is 0 Å². The first kappa shape index (κ1) is 12.3. The molecule has 1 fully saturated rings. The fraction of sp³-hybridized carbons (Fsp3) is 0.857. The van der Waals surface area contributed by atoms with Crippen molar-refractivity contribution in [2.24, 2.45) is 5.92 Å². The molecule has 1 aliphatic heterocycles. The zero-order valence-corrected chi connectivity index (χ0v) is 8.48. The molecule has 0 bridgehead atoms. The van der Waals surface area contributed by atoms with Gasteiger partial charge in [-0.3, -0.25) is 0 Å². The van der Waals surface area contributed by atoms with Gasteiger partial charge in [-0.15, -0.1) is 0 Å². The Morgan fingerprint density at radius 3 is 2.33 bits per heavy atom. The lowest BCUT2D eigenvalue weighted by Gasteiger charge is -2.36. The number of alkyl halides is 3. The number of nitrogens with zero attached hydrogens (tertiary/aromatic N) is 2. The van der Waals surface area contributed by atoms with Gasteiger partial charge in [0.1, 0.15) is 0 Å². The van der Waals surface area contributed by atoms with E-state index in [4.69, 9.17) is 5.26 Å². The number of nitriles is 1. The Hall–Kier alpha value is -0.810. The minimum Gasteiger partial charge on any atom is -0.212 e. The monoisotopic (exact) mass is 242 g/mol. The van der Waals surface area contributed by atoms with E-state index in [0.717, 1.165) is 4.31 Å². The van der Waals surface area contributed by atoms with Crippen LogP contribution < -0.4 is 0 Å². The molecule has 1 saturated heterocycles. The molecule has 0 N–H and O–H groups in total. The van der Waals surface area contributed by atoms with Crippen molar-refractivity contribution in [2.75, 3.05) is 18.8 Å². The molecule has 86 valence electrons. The Kier molecular flexibility index (Phi) is 3.25. The van der Waals surface area contributed by atoms with Crippen LogP contribution in [-0.2, 0) is 10.0 Å².